The van der Waals surface area contributed by atoms with E-state index in [1.807, 2.05) is 26.0 Å². The molecule has 4 nitrogen and oxygen atoms in total. The second-order valence-electron chi connectivity index (χ2n) is 4.32. The number of hydrogen-bond acceptors (Lipinski definition) is 4. The summed E-state index contributed by atoms with van der Waals surface area (Å²) in [5.41, 5.74) is 0.773. The third kappa shape index (κ3) is 2.96. The number of carbonyl (C=O) groups excluding carboxylic acids is 1. The summed E-state index contributed by atoms with van der Waals surface area (Å²) in [5.74, 6) is 0.829. The van der Waals surface area contributed by atoms with Crippen molar-refractivity contribution in [1.29, 1.82) is 0 Å². The van der Waals surface area contributed by atoms with Gasteiger partial charge in [0.25, 0.3) is 0 Å². The van der Waals surface area contributed by atoms with Gasteiger partial charge in [0, 0.05) is 16.5 Å². The monoisotopic (exact) mass is 264 g/mol. The Labute approximate surface area is 110 Å². The van der Waals surface area contributed by atoms with Crippen LogP contribution in [-0.4, -0.2) is 15.9 Å². The van der Waals surface area contributed by atoms with Crippen LogP contribution in [0.2, 0.25) is 5.02 Å². The van der Waals surface area contributed by atoms with E-state index in [9.17, 15) is 4.79 Å². The lowest BCUT2D eigenvalue weighted by Gasteiger charge is -1.98. The minimum absolute atomic E-state index is 0.0356. The van der Waals surface area contributed by atoms with Gasteiger partial charge in [-0.25, -0.2) is 0 Å². The van der Waals surface area contributed by atoms with Gasteiger partial charge in [0.2, 0.25) is 11.7 Å². The summed E-state index contributed by atoms with van der Waals surface area (Å²) in [5, 5.41) is 4.45. The van der Waals surface area contributed by atoms with Gasteiger partial charge in [0.15, 0.2) is 0 Å². The molecule has 0 saturated carbocycles. The molecule has 0 bridgehead atoms. The van der Waals surface area contributed by atoms with Gasteiger partial charge in [0.1, 0.15) is 5.78 Å². The molecule has 2 aromatic rings. The van der Waals surface area contributed by atoms with Crippen LogP contribution < -0.4 is 0 Å². The molecule has 0 spiro atoms. The number of ketones is 1. The number of nitrogens with zero attached hydrogens (tertiary/aromatic N) is 2. The topological polar surface area (TPSA) is 56.0 Å². The molecular weight excluding hydrogens is 252 g/mol. The molecule has 0 saturated heterocycles. The lowest BCUT2D eigenvalue weighted by molar-refractivity contribution is -0.121. The molecule has 1 heterocycles. The van der Waals surface area contributed by atoms with Gasteiger partial charge >= 0.3 is 0 Å². The van der Waals surface area contributed by atoms with Crippen molar-refractivity contribution in [1.82, 2.24) is 10.1 Å². The highest BCUT2D eigenvalue weighted by atomic mass is 35.5. The number of benzene rings is 1. The van der Waals surface area contributed by atoms with Crippen molar-refractivity contribution in [3.05, 3.63) is 35.2 Å². The zero-order chi connectivity index (χ0) is 13.1. The van der Waals surface area contributed by atoms with E-state index >= 15 is 0 Å². The Morgan fingerprint density at radius 2 is 2.22 bits per heavy atom. The third-order valence-corrected chi connectivity index (χ3v) is 2.76. The normalized spacial score (nSPS) is 10.9. The second-order valence-corrected chi connectivity index (χ2v) is 4.76. The molecule has 1 aromatic carbocycles. The molecule has 18 heavy (non-hydrogen) atoms. The van der Waals surface area contributed by atoms with Gasteiger partial charge in [-0.05, 0) is 12.1 Å². The molecule has 0 aliphatic rings. The number of aromatic nitrogens is 2. The highest BCUT2D eigenvalue weighted by molar-refractivity contribution is 6.30. The van der Waals surface area contributed by atoms with Crippen molar-refractivity contribution in [3.8, 4) is 11.4 Å². The quantitative estimate of drug-likeness (QED) is 0.851. The second kappa shape index (κ2) is 5.31. The molecular formula is C13H13ClN2O2. The highest BCUT2D eigenvalue weighted by Gasteiger charge is 2.14. The largest absolute Gasteiger partial charge is 0.339 e. The van der Waals surface area contributed by atoms with Crippen LogP contribution in [0.25, 0.3) is 11.4 Å². The Bertz CT molecular complexity index is 564. The molecule has 0 fully saturated rings. The fourth-order valence-corrected chi connectivity index (χ4v) is 1.61. The molecule has 0 N–H and O–H groups in total. The van der Waals surface area contributed by atoms with Crippen LogP contribution in [0.15, 0.2) is 28.8 Å². The van der Waals surface area contributed by atoms with E-state index in [0.29, 0.717) is 16.7 Å². The Kier molecular flexibility index (Phi) is 3.77. The molecule has 0 amide bonds. The van der Waals surface area contributed by atoms with E-state index < -0.39 is 0 Å². The van der Waals surface area contributed by atoms with Crippen LogP contribution in [-0.2, 0) is 11.2 Å². The van der Waals surface area contributed by atoms with Crippen molar-refractivity contribution < 1.29 is 9.32 Å². The van der Waals surface area contributed by atoms with E-state index in [2.05, 4.69) is 10.1 Å². The number of Topliss-reactive ketones (excluding diaryl/α,β-unsaturated/α-hetero) is 1. The Morgan fingerprint density at radius 3 is 2.89 bits per heavy atom. The third-order valence-electron chi connectivity index (χ3n) is 2.52. The van der Waals surface area contributed by atoms with E-state index in [0.717, 1.165) is 5.56 Å². The molecule has 0 unspecified atom stereocenters. The van der Waals surface area contributed by atoms with Crippen molar-refractivity contribution in [3.63, 3.8) is 0 Å². The maximum atomic E-state index is 11.6. The predicted octanol–water partition coefficient (Wildman–Crippen LogP) is 3.16. The maximum absolute atomic E-state index is 11.6. The summed E-state index contributed by atoms with van der Waals surface area (Å²) in [6, 6.07) is 7.17. The summed E-state index contributed by atoms with van der Waals surface area (Å²) in [7, 11) is 0. The lowest BCUT2D eigenvalue weighted by atomic mass is 10.1. The van der Waals surface area contributed by atoms with E-state index in [4.69, 9.17) is 16.1 Å². The average molecular weight is 265 g/mol. The highest BCUT2D eigenvalue weighted by Crippen LogP contribution is 2.20. The first-order valence-corrected chi connectivity index (χ1v) is 6.05. The molecule has 0 aliphatic carbocycles. The summed E-state index contributed by atoms with van der Waals surface area (Å²) >= 11 is 5.89. The van der Waals surface area contributed by atoms with Gasteiger partial charge in [-0.2, -0.15) is 4.98 Å². The molecule has 1 aromatic heterocycles. The summed E-state index contributed by atoms with van der Waals surface area (Å²) in [6.45, 7) is 3.69. The minimum Gasteiger partial charge on any atom is -0.339 e. The fraction of sp³-hybridized carbons (Fsp3) is 0.308. The smallest absolute Gasteiger partial charge is 0.234 e. The van der Waals surface area contributed by atoms with Gasteiger partial charge in [-0.3, -0.25) is 4.79 Å². The average Bonchev–Trinajstić information content (AvgIpc) is 2.77. The molecule has 0 aliphatic heterocycles. The number of hydrogen-bond donors (Lipinski definition) is 0. The van der Waals surface area contributed by atoms with Crippen LogP contribution in [0.3, 0.4) is 0 Å². The zero-order valence-corrected chi connectivity index (χ0v) is 10.9. The van der Waals surface area contributed by atoms with Crippen molar-refractivity contribution >= 4 is 17.4 Å². The first-order chi connectivity index (χ1) is 8.56. The van der Waals surface area contributed by atoms with Gasteiger partial charge in [-0.15, -0.1) is 0 Å². The summed E-state index contributed by atoms with van der Waals surface area (Å²) in [4.78, 5) is 15.7. The molecule has 0 radical (unpaired) electrons. The fourth-order valence-electron chi connectivity index (χ4n) is 1.42. The maximum Gasteiger partial charge on any atom is 0.234 e. The molecule has 0 atom stereocenters. The van der Waals surface area contributed by atoms with Gasteiger partial charge < -0.3 is 4.52 Å². The Hall–Kier alpha value is -1.68. The van der Waals surface area contributed by atoms with Crippen LogP contribution in [0.5, 0.6) is 0 Å². The van der Waals surface area contributed by atoms with E-state index in [1.165, 1.54) is 0 Å². The van der Waals surface area contributed by atoms with Crippen LogP contribution >= 0.6 is 11.6 Å². The van der Waals surface area contributed by atoms with E-state index in [1.54, 1.807) is 12.1 Å². The van der Waals surface area contributed by atoms with Crippen molar-refractivity contribution in [2.75, 3.05) is 0 Å². The van der Waals surface area contributed by atoms with Crippen molar-refractivity contribution in [2.45, 2.75) is 20.3 Å². The predicted molar refractivity (Wildman–Crippen MR) is 68.3 cm³/mol. The Morgan fingerprint density at radius 1 is 1.44 bits per heavy atom. The van der Waals surface area contributed by atoms with Gasteiger partial charge in [0.05, 0.1) is 6.42 Å². The van der Waals surface area contributed by atoms with Crippen molar-refractivity contribution in [2.24, 2.45) is 5.92 Å². The minimum atomic E-state index is -0.0356. The first kappa shape index (κ1) is 12.8. The Balaban J connectivity index is 2.18. The first-order valence-electron chi connectivity index (χ1n) is 5.67. The van der Waals surface area contributed by atoms with Crippen LogP contribution in [0.1, 0.15) is 19.7 Å². The number of carbonyl (C=O) groups is 1. The zero-order valence-electron chi connectivity index (χ0n) is 10.2. The summed E-state index contributed by atoms with van der Waals surface area (Å²) < 4.78 is 5.05. The molecule has 2 rings (SSSR count). The summed E-state index contributed by atoms with van der Waals surface area (Å²) in [6.07, 6.45) is 0.172. The molecule has 5 heteroatoms. The number of halogens is 1. The SMILES string of the molecule is CC(C)C(=O)Cc1nc(-c2cccc(Cl)c2)no1. The molecule has 94 valence electrons. The van der Waals surface area contributed by atoms with Crippen LogP contribution in [0, 0.1) is 5.92 Å². The lowest BCUT2D eigenvalue weighted by Crippen LogP contribution is -2.10. The number of rotatable bonds is 4. The van der Waals surface area contributed by atoms with E-state index in [-0.39, 0.29) is 18.1 Å². The van der Waals surface area contributed by atoms with Gasteiger partial charge in [-0.1, -0.05) is 42.7 Å². The van der Waals surface area contributed by atoms with Crippen LogP contribution in [0.4, 0.5) is 0 Å². The standard InChI is InChI=1S/C13H13ClN2O2/c1-8(2)11(17)7-12-15-13(16-18-12)9-4-3-5-10(14)6-9/h3-6,8H,7H2,1-2H3.